The van der Waals surface area contributed by atoms with Gasteiger partial charge in [-0.05, 0) is 55.4 Å². The third-order valence-electron chi connectivity index (χ3n) is 3.83. The van der Waals surface area contributed by atoms with Crippen molar-refractivity contribution in [3.8, 4) is 0 Å². The Kier molecular flexibility index (Phi) is 5.09. The van der Waals surface area contributed by atoms with Crippen LogP contribution in [0.15, 0.2) is 34.3 Å². The summed E-state index contributed by atoms with van der Waals surface area (Å²) in [5.74, 6) is 0.167. The molecule has 1 unspecified atom stereocenters. The summed E-state index contributed by atoms with van der Waals surface area (Å²) in [4.78, 5) is 24.4. The van der Waals surface area contributed by atoms with E-state index in [-0.39, 0.29) is 17.6 Å². The number of hydrogen-bond donors (Lipinski definition) is 3. The van der Waals surface area contributed by atoms with E-state index in [0.717, 1.165) is 25.9 Å². The molecular weight excluding hydrogens is 314 g/mol. The number of carbonyl (C=O) groups excluding carboxylic acids is 2. The van der Waals surface area contributed by atoms with Crippen LogP contribution in [-0.4, -0.2) is 31.4 Å². The summed E-state index contributed by atoms with van der Waals surface area (Å²) in [7, 11) is 0. The van der Waals surface area contributed by atoms with Gasteiger partial charge in [-0.2, -0.15) is 0 Å². The highest BCUT2D eigenvalue weighted by atomic mass is 32.1. The van der Waals surface area contributed by atoms with Crippen LogP contribution < -0.4 is 16.0 Å². The van der Waals surface area contributed by atoms with E-state index in [1.807, 2.05) is 0 Å². The van der Waals surface area contributed by atoms with Crippen molar-refractivity contribution in [3.05, 3.63) is 41.2 Å². The third kappa shape index (κ3) is 4.00. The Labute approximate surface area is 138 Å². The summed E-state index contributed by atoms with van der Waals surface area (Å²) in [6.07, 6.45) is 3.71. The van der Waals surface area contributed by atoms with Crippen LogP contribution in [0.25, 0.3) is 0 Å². The lowest BCUT2D eigenvalue weighted by atomic mass is 10.00. The van der Waals surface area contributed by atoms with E-state index in [4.69, 9.17) is 4.42 Å². The lowest BCUT2D eigenvalue weighted by molar-refractivity contribution is 0.0946. The van der Waals surface area contributed by atoms with Gasteiger partial charge < -0.3 is 20.4 Å². The van der Waals surface area contributed by atoms with Crippen LogP contribution in [0, 0.1) is 5.92 Å². The zero-order valence-electron chi connectivity index (χ0n) is 12.6. The molecule has 0 aromatic carbocycles. The van der Waals surface area contributed by atoms with Crippen LogP contribution in [0.3, 0.4) is 0 Å². The van der Waals surface area contributed by atoms with Crippen LogP contribution in [0.4, 0.5) is 5.00 Å². The number of hydrogen-bond acceptors (Lipinski definition) is 5. The minimum atomic E-state index is -0.358. The van der Waals surface area contributed by atoms with Crippen LogP contribution in [-0.2, 0) is 0 Å². The van der Waals surface area contributed by atoms with Crippen molar-refractivity contribution < 1.29 is 14.0 Å². The Bertz CT molecular complexity index is 660. The molecule has 6 nitrogen and oxygen atoms in total. The van der Waals surface area contributed by atoms with E-state index in [1.54, 1.807) is 23.6 Å². The first-order chi connectivity index (χ1) is 11.2. The Morgan fingerprint density at radius 2 is 2.26 bits per heavy atom. The third-order valence-corrected chi connectivity index (χ3v) is 4.66. The highest BCUT2D eigenvalue weighted by molar-refractivity contribution is 7.14. The Hall–Kier alpha value is -2.12. The zero-order chi connectivity index (χ0) is 16.1. The first kappa shape index (κ1) is 15.8. The molecule has 0 aliphatic carbocycles. The number of carbonyl (C=O) groups is 2. The summed E-state index contributed by atoms with van der Waals surface area (Å²) in [6.45, 7) is 2.64. The van der Waals surface area contributed by atoms with Gasteiger partial charge in [0.15, 0.2) is 5.76 Å². The number of furan rings is 1. The van der Waals surface area contributed by atoms with Crippen molar-refractivity contribution in [3.63, 3.8) is 0 Å². The molecule has 3 N–H and O–H groups in total. The fourth-order valence-electron chi connectivity index (χ4n) is 2.59. The number of thiophene rings is 1. The molecule has 7 heteroatoms. The van der Waals surface area contributed by atoms with Crippen molar-refractivity contribution in [1.29, 1.82) is 0 Å². The van der Waals surface area contributed by atoms with Gasteiger partial charge in [-0.3, -0.25) is 9.59 Å². The maximum atomic E-state index is 12.3. The van der Waals surface area contributed by atoms with E-state index in [9.17, 15) is 9.59 Å². The minimum Gasteiger partial charge on any atom is -0.459 e. The van der Waals surface area contributed by atoms with E-state index >= 15 is 0 Å². The fraction of sp³-hybridized carbons (Fsp3) is 0.375. The zero-order valence-corrected chi connectivity index (χ0v) is 13.4. The molecule has 2 amide bonds. The number of anilines is 1. The molecule has 0 saturated carbocycles. The normalized spacial score (nSPS) is 17.7. The minimum absolute atomic E-state index is 0.161. The largest absolute Gasteiger partial charge is 0.459 e. The van der Waals surface area contributed by atoms with Crippen molar-refractivity contribution in [2.24, 2.45) is 5.92 Å². The Balaban J connectivity index is 1.58. The predicted molar refractivity (Wildman–Crippen MR) is 88.9 cm³/mol. The first-order valence-corrected chi connectivity index (χ1v) is 8.53. The average Bonchev–Trinajstić information content (AvgIpc) is 3.25. The molecule has 3 rings (SSSR count). The van der Waals surface area contributed by atoms with Gasteiger partial charge in [0.2, 0.25) is 0 Å². The second kappa shape index (κ2) is 7.43. The monoisotopic (exact) mass is 333 g/mol. The molecule has 2 aromatic rings. The second-order valence-corrected chi connectivity index (χ2v) is 6.43. The Morgan fingerprint density at radius 3 is 3.00 bits per heavy atom. The van der Waals surface area contributed by atoms with Crippen molar-refractivity contribution in [2.45, 2.75) is 12.8 Å². The van der Waals surface area contributed by atoms with Gasteiger partial charge in [0.1, 0.15) is 5.00 Å². The van der Waals surface area contributed by atoms with Gasteiger partial charge in [-0.1, -0.05) is 0 Å². The van der Waals surface area contributed by atoms with Crippen molar-refractivity contribution in [2.75, 3.05) is 25.0 Å². The van der Waals surface area contributed by atoms with E-state index in [1.165, 1.54) is 17.6 Å². The molecule has 0 radical (unpaired) electrons. The van der Waals surface area contributed by atoms with Gasteiger partial charge in [-0.25, -0.2) is 0 Å². The highest BCUT2D eigenvalue weighted by Gasteiger charge is 2.19. The summed E-state index contributed by atoms with van der Waals surface area (Å²) in [6, 6.07) is 4.95. The number of piperidine rings is 1. The molecule has 0 bridgehead atoms. The summed E-state index contributed by atoms with van der Waals surface area (Å²) in [5.41, 5.74) is 0.485. The lowest BCUT2D eigenvalue weighted by Gasteiger charge is -2.22. The van der Waals surface area contributed by atoms with Crippen molar-refractivity contribution in [1.82, 2.24) is 10.6 Å². The number of amides is 2. The molecule has 3 heterocycles. The van der Waals surface area contributed by atoms with Crippen LogP contribution in [0.1, 0.15) is 33.8 Å². The summed E-state index contributed by atoms with van der Waals surface area (Å²) in [5, 5.41) is 11.3. The topological polar surface area (TPSA) is 83.4 Å². The van der Waals surface area contributed by atoms with E-state index in [0.29, 0.717) is 23.0 Å². The van der Waals surface area contributed by atoms with Crippen molar-refractivity contribution >= 4 is 28.2 Å². The summed E-state index contributed by atoms with van der Waals surface area (Å²) >= 11 is 1.32. The van der Waals surface area contributed by atoms with Gasteiger partial charge in [0.25, 0.3) is 11.8 Å². The van der Waals surface area contributed by atoms with Crippen LogP contribution in [0.5, 0.6) is 0 Å². The quantitative estimate of drug-likeness (QED) is 0.784. The second-order valence-electron chi connectivity index (χ2n) is 5.52. The van der Waals surface area contributed by atoms with Gasteiger partial charge in [0, 0.05) is 6.54 Å². The molecule has 1 saturated heterocycles. The molecule has 1 aliphatic rings. The van der Waals surface area contributed by atoms with Gasteiger partial charge in [0.05, 0.1) is 11.8 Å². The Morgan fingerprint density at radius 1 is 1.35 bits per heavy atom. The standard InChI is InChI=1S/C16H19N3O3S/c20-14(18-10-11-3-1-6-17-9-11)12-5-8-23-16(12)19-15(21)13-4-2-7-22-13/h2,4-5,7-8,11,17H,1,3,6,9-10H2,(H,18,20)(H,19,21). The molecule has 1 atom stereocenters. The number of rotatable bonds is 5. The molecule has 0 spiro atoms. The molecule has 122 valence electrons. The highest BCUT2D eigenvalue weighted by Crippen LogP contribution is 2.24. The number of nitrogens with one attached hydrogen (secondary N) is 3. The average molecular weight is 333 g/mol. The maximum Gasteiger partial charge on any atom is 0.291 e. The fourth-order valence-corrected chi connectivity index (χ4v) is 3.37. The molecule has 1 aliphatic heterocycles. The molecule has 23 heavy (non-hydrogen) atoms. The SMILES string of the molecule is O=C(Nc1sccc1C(=O)NCC1CCCNC1)c1ccco1. The van der Waals surface area contributed by atoms with Crippen LogP contribution >= 0.6 is 11.3 Å². The van der Waals surface area contributed by atoms with Gasteiger partial charge in [-0.15, -0.1) is 11.3 Å². The van der Waals surface area contributed by atoms with Gasteiger partial charge >= 0.3 is 0 Å². The first-order valence-electron chi connectivity index (χ1n) is 7.65. The van der Waals surface area contributed by atoms with E-state index < -0.39 is 0 Å². The smallest absolute Gasteiger partial charge is 0.291 e. The van der Waals surface area contributed by atoms with Crippen LogP contribution in [0.2, 0.25) is 0 Å². The predicted octanol–water partition coefficient (Wildman–Crippen LogP) is 2.32. The molecular formula is C16H19N3O3S. The summed E-state index contributed by atoms with van der Waals surface area (Å²) < 4.78 is 5.06. The molecule has 2 aromatic heterocycles. The lowest BCUT2D eigenvalue weighted by Crippen LogP contribution is -2.38. The maximum absolute atomic E-state index is 12.3. The molecule has 1 fully saturated rings. The van der Waals surface area contributed by atoms with E-state index in [2.05, 4.69) is 16.0 Å².